The number of hydrogen-bond donors (Lipinski definition) is 3. The van der Waals surface area contributed by atoms with Gasteiger partial charge in [0.2, 0.25) is 0 Å². The molecule has 4 aromatic rings. The van der Waals surface area contributed by atoms with Gasteiger partial charge in [0.15, 0.2) is 17.2 Å². The summed E-state index contributed by atoms with van der Waals surface area (Å²) in [7, 11) is 0. The number of nitrogens with one attached hydrogen (secondary N) is 2. The zero-order valence-corrected chi connectivity index (χ0v) is 17.9. The number of amides is 2. The average molecular weight is 482 g/mol. The first-order valence-electron chi connectivity index (χ1n) is 10.5. The van der Waals surface area contributed by atoms with Crippen molar-refractivity contribution in [1.29, 1.82) is 0 Å². The number of rotatable bonds is 4. The number of Topliss-reactive ketones (excluding diaryl/α,β-unsaturated/α-hetero) is 1. The molecule has 8 nitrogen and oxygen atoms in total. The lowest BCUT2D eigenvalue weighted by molar-refractivity contribution is -0.274. The molecule has 0 radical (unpaired) electrons. The van der Waals surface area contributed by atoms with Crippen LogP contribution in [-0.4, -0.2) is 23.3 Å². The van der Waals surface area contributed by atoms with Gasteiger partial charge < -0.3 is 25.6 Å². The SMILES string of the molecule is Nc1noc2cccc(-c3ccc(NC(=O)Nc4cccc(OC(F)(F)F)c4)c4c3CCC4=O)c12. The minimum Gasteiger partial charge on any atom is -0.406 e. The number of nitrogen functional groups attached to an aromatic ring is 1. The molecule has 0 fully saturated rings. The molecule has 4 N–H and O–H groups in total. The standard InChI is InChI=1S/C24H17F3N4O4/c25-24(26,27)34-13-4-1-3-12(11-13)29-23(33)30-17-9-7-14(16-8-10-18(32)20(16)17)15-5-2-6-19-21(15)22(28)31-35-19/h1-7,9,11H,8,10H2,(H2,28,31)(H2,29,30,33). The van der Waals surface area contributed by atoms with Crippen LogP contribution in [0.3, 0.4) is 0 Å². The Balaban J connectivity index is 1.44. The van der Waals surface area contributed by atoms with Crippen LogP contribution in [0.5, 0.6) is 5.75 Å². The summed E-state index contributed by atoms with van der Waals surface area (Å²) >= 11 is 0. The van der Waals surface area contributed by atoms with Crippen molar-refractivity contribution in [2.24, 2.45) is 0 Å². The Kier molecular flexibility index (Phi) is 5.31. The Morgan fingerprint density at radius 2 is 1.83 bits per heavy atom. The first-order chi connectivity index (χ1) is 16.7. The number of ether oxygens (including phenoxy) is 1. The van der Waals surface area contributed by atoms with Crippen LogP contribution in [0.1, 0.15) is 22.3 Å². The van der Waals surface area contributed by atoms with Crippen LogP contribution >= 0.6 is 0 Å². The smallest absolute Gasteiger partial charge is 0.406 e. The summed E-state index contributed by atoms with van der Waals surface area (Å²) in [6, 6.07) is 12.9. The number of alkyl halides is 3. The maximum Gasteiger partial charge on any atom is 0.573 e. The molecule has 35 heavy (non-hydrogen) atoms. The van der Waals surface area contributed by atoms with Gasteiger partial charge >= 0.3 is 12.4 Å². The van der Waals surface area contributed by atoms with Crippen LogP contribution < -0.4 is 21.1 Å². The van der Waals surface area contributed by atoms with E-state index >= 15 is 0 Å². The second-order valence-corrected chi connectivity index (χ2v) is 7.84. The molecule has 11 heteroatoms. The molecular formula is C24H17F3N4O4. The minimum absolute atomic E-state index is 0.0819. The highest BCUT2D eigenvalue weighted by molar-refractivity contribution is 6.12. The van der Waals surface area contributed by atoms with E-state index in [1.165, 1.54) is 12.1 Å². The van der Waals surface area contributed by atoms with Crippen molar-refractivity contribution in [3.05, 3.63) is 65.7 Å². The van der Waals surface area contributed by atoms with Crippen LogP contribution in [0.4, 0.5) is 35.2 Å². The number of halogens is 3. The van der Waals surface area contributed by atoms with Gasteiger partial charge in [0.05, 0.1) is 11.1 Å². The van der Waals surface area contributed by atoms with E-state index in [0.29, 0.717) is 23.0 Å². The first kappa shape index (κ1) is 22.3. The number of urea groups is 1. The van der Waals surface area contributed by atoms with Crippen LogP contribution in [0.15, 0.2) is 59.1 Å². The summed E-state index contributed by atoms with van der Waals surface area (Å²) in [6.07, 6.45) is -4.11. The van der Waals surface area contributed by atoms with Gasteiger partial charge in [-0.2, -0.15) is 0 Å². The number of aromatic nitrogens is 1. The molecule has 0 aliphatic heterocycles. The molecule has 2 amide bonds. The molecule has 0 saturated heterocycles. The maximum absolute atomic E-state index is 12.7. The molecule has 178 valence electrons. The van der Waals surface area contributed by atoms with Gasteiger partial charge in [-0.1, -0.05) is 29.4 Å². The Bertz CT molecular complexity index is 1480. The highest BCUT2D eigenvalue weighted by Gasteiger charge is 2.31. The van der Waals surface area contributed by atoms with Crippen molar-refractivity contribution in [2.45, 2.75) is 19.2 Å². The lowest BCUT2D eigenvalue weighted by atomic mass is 9.93. The monoisotopic (exact) mass is 482 g/mol. The van der Waals surface area contributed by atoms with Crippen molar-refractivity contribution >= 4 is 40.0 Å². The van der Waals surface area contributed by atoms with E-state index in [9.17, 15) is 22.8 Å². The van der Waals surface area contributed by atoms with Crippen LogP contribution in [0, 0.1) is 0 Å². The summed E-state index contributed by atoms with van der Waals surface area (Å²) < 4.78 is 46.5. The molecule has 3 aromatic carbocycles. The molecule has 0 saturated carbocycles. The van der Waals surface area contributed by atoms with Gasteiger partial charge in [0, 0.05) is 23.7 Å². The molecule has 1 aliphatic rings. The Hall–Kier alpha value is -4.54. The third kappa shape index (κ3) is 4.35. The van der Waals surface area contributed by atoms with E-state index in [0.717, 1.165) is 28.8 Å². The van der Waals surface area contributed by atoms with E-state index in [2.05, 4.69) is 20.5 Å². The summed E-state index contributed by atoms with van der Waals surface area (Å²) in [4.78, 5) is 25.3. The van der Waals surface area contributed by atoms with E-state index in [1.807, 2.05) is 6.07 Å². The lowest BCUT2D eigenvalue weighted by Crippen LogP contribution is -2.21. The zero-order chi connectivity index (χ0) is 24.7. The number of anilines is 3. The van der Waals surface area contributed by atoms with Crippen molar-refractivity contribution in [3.8, 4) is 16.9 Å². The van der Waals surface area contributed by atoms with Crippen molar-refractivity contribution in [1.82, 2.24) is 5.16 Å². The van der Waals surface area contributed by atoms with E-state index in [4.69, 9.17) is 10.3 Å². The molecule has 1 heterocycles. The van der Waals surface area contributed by atoms with Gasteiger partial charge in [-0.25, -0.2) is 4.79 Å². The van der Waals surface area contributed by atoms with Crippen molar-refractivity contribution in [2.75, 3.05) is 16.4 Å². The summed E-state index contributed by atoms with van der Waals surface area (Å²) in [5.41, 5.74) is 9.53. The van der Waals surface area contributed by atoms with Crippen LogP contribution in [-0.2, 0) is 6.42 Å². The Morgan fingerprint density at radius 3 is 2.63 bits per heavy atom. The van der Waals surface area contributed by atoms with Gasteiger partial charge in [0.25, 0.3) is 0 Å². The highest BCUT2D eigenvalue weighted by Crippen LogP contribution is 2.40. The molecule has 0 unspecified atom stereocenters. The highest BCUT2D eigenvalue weighted by atomic mass is 19.4. The van der Waals surface area contributed by atoms with Crippen molar-refractivity contribution in [3.63, 3.8) is 0 Å². The summed E-state index contributed by atoms with van der Waals surface area (Å²) in [5.74, 6) is -0.381. The van der Waals surface area contributed by atoms with Gasteiger partial charge in [-0.05, 0) is 47.4 Å². The van der Waals surface area contributed by atoms with E-state index in [-0.39, 0.29) is 29.4 Å². The predicted octanol–water partition coefficient (Wildman–Crippen LogP) is 5.75. The molecule has 0 spiro atoms. The van der Waals surface area contributed by atoms with E-state index in [1.54, 1.807) is 24.3 Å². The zero-order valence-electron chi connectivity index (χ0n) is 17.9. The topological polar surface area (TPSA) is 119 Å². The molecule has 1 aliphatic carbocycles. The Morgan fingerprint density at radius 1 is 1.03 bits per heavy atom. The number of nitrogens with two attached hydrogens (primary N) is 1. The number of carbonyl (C=O) groups excluding carboxylic acids is 2. The second kappa shape index (κ2) is 8.35. The fourth-order valence-corrected chi connectivity index (χ4v) is 4.24. The predicted molar refractivity (Wildman–Crippen MR) is 122 cm³/mol. The third-order valence-corrected chi connectivity index (χ3v) is 5.58. The number of ketones is 1. The molecular weight excluding hydrogens is 465 g/mol. The fraction of sp³-hybridized carbons (Fsp3) is 0.125. The quantitative estimate of drug-likeness (QED) is 0.341. The number of benzene rings is 3. The molecule has 5 rings (SSSR count). The normalized spacial score (nSPS) is 13.1. The molecule has 0 bridgehead atoms. The van der Waals surface area contributed by atoms with Gasteiger partial charge in [-0.3, -0.25) is 4.79 Å². The summed E-state index contributed by atoms with van der Waals surface area (Å²) in [5, 5.41) is 9.52. The third-order valence-electron chi connectivity index (χ3n) is 5.58. The minimum atomic E-state index is -4.86. The van der Waals surface area contributed by atoms with Gasteiger partial charge in [-0.15, -0.1) is 13.2 Å². The van der Waals surface area contributed by atoms with E-state index < -0.39 is 18.1 Å². The number of nitrogens with zero attached hydrogens (tertiary/aromatic N) is 1. The molecule has 1 aromatic heterocycles. The summed E-state index contributed by atoms with van der Waals surface area (Å²) in [6.45, 7) is 0. The molecule has 0 atom stereocenters. The second-order valence-electron chi connectivity index (χ2n) is 7.84. The first-order valence-corrected chi connectivity index (χ1v) is 10.5. The fourth-order valence-electron chi connectivity index (χ4n) is 4.24. The largest absolute Gasteiger partial charge is 0.573 e. The van der Waals surface area contributed by atoms with Gasteiger partial charge in [0.1, 0.15) is 5.75 Å². The number of fused-ring (bicyclic) bond motifs is 2. The average Bonchev–Trinajstić information content (AvgIpc) is 3.36. The van der Waals surface area contributed by atoms with Crippen LogP contribution in [0.2, 0.25) is 0 Å². The number of carbonyl (C=O) groups is 2. The van der Waals surface area contributed by atoms with Crippen molar-refractivity contribution < 1.29 is 32.0 Å². The Labute approximate surface area is 195 Å². The lowest BCUT2D eigenvalue weighted by Gasteiger charge is -2.15. The number of hydrogen-bond acceptors (Lipinski definition) is 6. The van der Waals surface area contributed by atoms with Crippen LogP contribution in [0.25, 0.3) is 22.1 Å². The maximum atomic E-state index is 12.7.